The van der Waals surface area contributed by atoms with E-state index in [9.17, 15) is 16.8 Å². The monoisotopic (exact) mass is 408 g/mol. The van der Waals surface area contributed by atoms with E-state index in [-0.39, 0.29) is 31.0 Å². The first-order valence-electron chi connectivity index (χ1n) is 8.73. The highest BCUT2D eigenvalue weighted by molar-refractivity contribution is 7.92. The molecular weight excluding hydrogens is 384 g/mol. The predicted molar refractivity (Wildman–Crippen MR) is 107 cm³/mol. The lowest BCUT2D eigenvalue weighted by Crippen LogP contribution is -2.51. The molecule has 0 saturated carbocycles. The first-order valence-corrected chi connectivity index (χ1v) is 12.2. The zero-order valence-electron chi connectivity index (χ0n) is 15.2. The molecule has 27 heavy (non-hydrogen) atoms. The van der Waals surface area contributed by atoms with Crippen molar-refractivity contribution in [3.63, 3.8) is 0 Å². The number of nitrogens with zero attached hydrogens (tertiary/aromatic N) is 1. The number of sulfone groups is 2. The van der Waals surface area contributed by atoms with Gasteiger partial charge in [-0.3, -0.25) is 0 Å². The highest BCUT2D eigenvalue weighted by Crippen LogP contribution is 2.30. The van der Waals surface area contributed by atoms with Gasteiger partial charge in [0.1, 0.15) is 0 Å². The van der Waals surface area contributed by atoms with Gasteiger partial charge in [-0.05, 0) is 36.2 Å². The maximum atomic E-state index is 13.2. The fraction of sp³-hybridized carbons (Fsp3) is 0.368. The Morgan fingerprint density at radius 2 is 1.63 bits per heavy atom. The highest BCUT2D eigenvalue weighted by Gasteiger charge is 2.40. The van der Waals surface area contributed by atoms with E-state index < -0.39 is 30.2 Å². The fourth-order valence-electron chi connectivity index (χ4n) is 3.43. The van der Waals surface area contributed by atoms with Gasteiger partial charge in [-0.15, -0.1) is 0 Å². The summed E-state index contributed by atoms with van der Waals surface area (Å²) in [5.41, 5.74) is 7.18. The molecule has 0 bridgehead atoms. The average Bonchev–Trinajstić information content (AvgIpc) is 2.67. The fourth-order valence-corrected chi connectivity index (χ4v) is 6.42. The first-order chi connectivity index (χ1) is 12.7. The second kappa shape index (κ2) is 7.61. The zero-order chi connectivity index (χ0) is 19.7. The van der Waals surface area contributed by atoms with Gasteiger partial charge in [-0.1, -0.05) is 30.3 Å². The summed E-state index contributed by atoms with van der Waals surface area (Å²) in [6.45, 7) is 0.791. The molecule has 1 fully saturated rings. The SMILES string of the molecule is CS(=O)(=O)C1CC(S(=O)(=O)c2cccc(CN)c2)CN(c2ccccc2)C1. The maximum Gasteiger partial charge on any atom is 0.183 e. The summed E-state index contributed by atoms with van der Waals surface area (Å²) in [5.74, 6) is 0. The molecule has 1 aliphatic heterocycles. The van der Waals surface area contributed by atoms with E-state index in [0.717, 1.165) is 11.3 Å². The molecule has 0 spiro atoms. The van der Waals surface area contributed by atoms with Gasteiger partial charge in [0.15, 0.2) is 19.7 Å². The Bertz CT molecular complexity index is 1010. The third-order valence-electron chi connectivity index (χ3n) is 5.00. The van der Waals surface area contributed by atoms with E-state index in [1.54, 1.807) is 24.3 Å². The normalized spacial score (nSPS) is 21.2. The van der Waals surface area contributed by atoms with Crippen molar-refractivity contribution in [3.05, 3.63) is 60.2 Å². The Balaban J connectivity index is 1.99. The molecule has 3 rings (SSSR count). The van der Waals surface area contributed by atoms with Crippen molar-refractivity contribution >= 4 is 25.4 Å². The standard InChI is InChI=1S/C19H24N2O4S2/c1-26(22,23)18-11-19(14-21(13-18)16-7-3-2-4-8-16)27(24,25)17-9-5-6-15(10-17)12-20/h2-10,18-19H,11-14,20H2,1H3. The van der Waals surface area contributed by atoms with Gasteiger partial charge >= 0.3 is 0 Å². The lowest BCUT2D eigenvalue weighted by Gasteiger charge is -2.38. The van der Waals surface area contributed by atoms with Crippen LogP contribution in [0, 0.1) is 0 Å². The van der Waals surface area contributed by atoms with Gasteiger partial charge in [0.25, 0.3) is 0 Å². The van der Waals surface area contributed by atoms with E-state index in [4.69, 9.17) is 5.73 Å². The molecule has 8 heteroatoms. The molecule has 1 saturated heterocycles. The molecule has 0 amide bonds. The number of hydrogen-bond donors (Lipinski definition) is 1. The average molecular weight is 409 g/mol. The maximum absolute atomic E-state index is 13.2. The summed E-state index contributed by atoms with van der Waals surface area (Å²) >= 11 is 0. The topological polar surface area (TPSA) is 97.5 Å². The number of anilines is 1. The van der Waals surface area contributed by atoms with Gasteiger partial charge in [-0.25, -0.2) is 16.8 Å². The number of benzene rings is 2. The number of nitrogens with two attached hydrogens (primary N) is 1. The van der Waals surface area contributed by atoms with Crippen molar-refractivity contribution in [1.82, 2.24) is 0 Å². The van der Waals surface area contributed by atoms with Crippen LogP contribution in [0.5, 0.6) is 0 Å². The second-order valence-corrected chi connectivity index (χ2v) is 11.5. The van der Waals surface area contributed by atoms with Gasteiger partial charge in [0, 0.05) is 31.6 Å². The molecule has 0 radical (unpaired) electrons. The molecule has 2 aromatic carbocycles. The third kappa shape index (κ3) is 4.34. The van der Waals surface area contributed by atoms with Crippen molar-refractivity contribution in [3.8, 4) is 0 Å². The van der Waals surface area contributed by atoms with E-state index in [0.29, 0.717) is 0 Å². The van der Waals surface area contributed by atoms with Crippen molar-refractivity contribution in [2.45, 2.75) is 28.4 Å². The molecule has 2 unspecified atom stereocenters. The number of rotatable bonds is 5. The molecule has 1 heterocycles. The lowest BCUT2D eigenvalue weighted by atomic mass is 10.1. The minimum absolute atomic E-state index is 0.0946. The van der Waals surface area contributed by atoms with Gasteiger partial charge in [-0.2, -0.15) is 0 Å². The Hall–Kier alpha value is -1.90. The summed E-state index contributed by atoms with van der Waals surface area (Å²) in [7, 11) is -7.07. The molecule has 2 N–H and O–H groups in total. The van der Waals surface area contributed by atoms with Crippen LogP contribution >= 0.6 is 0 Å². The van der Waals surface area contributed by atoms with Gasteiger partial charge in [0.05, 0.1) is 15.4 Å². The second-order valence-electron chi connectivity index (χ2n) is 6.95. The van der Waals surface area contributed by atoms with Crippen LogP contribution in [0.3, 0.4) is 0 Å². The molecular formula is C19H24N2O4S2. The van der Waals surface area contributed by atoms with Crippen LogP contribution in [-0.2, 0) is 26.2 Å². The van der Waals surface area contributed by atoms with Crippen molar-refractivity contribution in [2.24, 2.45) is 5.73 Å². The summed E-state index contributed by atoms with van der Waals surface area (Å²) in [4.78, 5) is 2.04. The smallest absolute Gasteiger partial charge is 0.183 e. The summed E-state index contributed by atoms with van der Waals surface area (Å²) in [6, 6.07) is 15.9. The Kier molecular flexibility index (Phi) is 5.60. The van der Waals surface area contributed by atoms with Crippen LogP contribution in [-0.4, -0.2) is 46.7 Å². The number of hydrogen-bond acceptors (Lipinski definition) is 6. The Morgan fingerprint density at radius 3 is 2.26 bits per heavy atom. The van der Waals surface area contributed by atoms with Crippen LogP contribution in [0.4, 0.5) is 5.69 Å². The molecule has 146 valence electrons. The number of para-hydroxylation sites is 1. The summed E-state index contributed by atoms with van der Waals surface area (Å²) < 4.78 is 51.0. The van der Waals surface area contributed by atoms with Crippen LogP contribution < -0.4 is 10.6 Å². The van der Waals surface area contributed by atoms with Crippen molar-refractivity contribution in [2.75, 3.05) is 24.2 Å². The molecule has 1 aliphatic rings. The first kappa shape index (κ1) is 19.9. The van der Waals surface area contributed by atoms with E-state index in [1.165, 1.54) is 6.26 Å². The molecule has 2 aromatic rings. The van der Waals surface area contributed by atoms with Crippen LogP contribution in [0.1, 0.15) is 12.0 Å². The van der Waals surface area contributed by atoms with E-state index in [1.807, 2.05) is 35.2 Å². The Labute approximate surface area is 160 Å². The lowest BCUT2D eigenvalue weighted by molar-refractivity contribution is 0.516. The van der Waals surface area contributed by atoms with Crippen LogP contribution in [0.15, 0.2) is 59.5 Å². The van der Waals surface area contributed by atoms with Crippen molar-refractivity contribution in [1.29, 1.82) is 0 Å². The van der Waals surface area contributed by atoms with Gasteiger partial charge in [0.2, 0.25) is 0 Å². The third-order valence-corrected chi connectivity index (χ3v) is 8.68. The Morgan fingerprint density at radius 1 is 0.963 bits per heavy atom. The summed E-state index contributed by atoms with van der Waals surface area (Å²) in [6.07, 6.45) is 1.27. The summed E-state index contributed by atoms with van der Waals surface area (Å²) in [5, 5.41) is -1.54. The number of piperidine rings is 1. The largest absolute Gasteiger partial charge is 0.369 e. The molecule has 2 atom stereocenters. The quantitative estimate of drug-likeness (QED) is 0.807. The minimum Gasteiger partial charge on any atom is -0.369 e. The molecule has 6 nitrogen and oxygen atoms in total. The van der Waals surface area contributed by atoms with Crippen LogP contribution in [0.25, 0.3) is 0 Å². The highest BCUT2D eigenvalue weighted by atomic mass is 32.2. The van der Waals surface area contributed by atoms with Gasteiger partial charge < -0.3 is 10.6 Å². The van der Waals surface area contributed by atoms with E-state index >= 15 is 0 Å². The predicted octanol–water partition coefficient (Wildman–Crippen LogP) is 1.61. The zero-order valence-corrected chi connectivity index (χ0v) is 16.8. The van der Waals surface area contributed by atoms with Crippen LogP contribution in [0.2, 0.25) is 0 Å². The van der Waals surface area contributed by atoms with Crippen molar-refractivity contribution < 1.29 is 16.8 Å². The molecule has 0 aromatic heterocycles. The molecule has 0 aliphatic carbocycles. The minimum atomic E-state index is -3.69. The van der Waals surface area contributed by atoms with E-state index in [2.05, 4.69) is 0 Å².